The molecule has 2 amide bonds. The van der Waals surface area contributed by atoms with Crippen LogP contribution in [0.3, 0.4) is 0 Å². The van der Waals surface area contributed by atoms with Crippen LogP contribution in [-0.4, -0.2) is 42.1 Å². The first kappa shape index (κ1) is 16.7. The number of rotatable bonds is 3. The highest BCUT2D eigenvalue weighted by molar-refractivity contribution is 6.04. The molecule has 0 saturated carbocycles. The first-order valence-electron chi connectivity index (χ1n) is 8.50. The third-order valence-electron chi connectivity index (χ3n) is 4.84. The molecule has 2 heterocycles. The summed E-state index contributed by atoms with van der Waals surface area (Å²) in [6, 6.07) is 0. The quantitative estimate of drug-likeness (QED) is 0.919. The van der Waals surface area contributed by atoms with E-state index in [9.17, 15) is 14.4 Å². The maximum absolute atomic E-state index is 12.4. The zero-order chi connectivity index (χ0) is 17.5. The molecular weight excluding hydrogens is 308 g/mol. The second-order valence-corrected chi connectivity index (χ2v) is 7.57. The van der Waals surface area contributed by atoms with Gasteiger partial charge in [0.2, 0.25) is 5.91 Å². The van der Waals surface area contributed by atoms with E-state index in [4.69, 9.17) is 4.42 Å². The zero-order valence-electron chi connectivity index (χ0n) is 14.5. The molecule has 0 spiro atoms. The van der Waals surface area contributed by atoms with Gasteiger partial charge in [0, 0.05) is 31.5 Å². The fourth-order valence-electron chi connectivity index (χ4n) is 3.61. The van der Waals surface area contributed by atoms with E-state index in [2.05, 4.69) is 5.32 Å². The van der Waals surface area contributed by atoms with E-state index in [1.165, 1.54) is 0 Å². The lowest BCUT2D eigenvalue weighted by Gasteiger charge is -2.27. The van der Waals surface area contributed by atoms with E-state index < -0.39 is 5.91 Å². The first-order chi connectivity index (χ1) is 11.3. The molecule has 1 N–H and O–H groups in total. The summed E-state index contributed by atoms with van der Waals surface area (Å²) in [4.78, 5) is 38.5. The number of Topliss-reactive ketones (excluding diaryl/α,β-unsaturated/α-hetero) is 1. The Morgan fingerprint density at radius 3 is 2.54 bits per heavy atom. The van der Waals surface area contributed by atoms with Crippen LogP contribution in [-0.2, 0) is 11.2 Å². The number of ketones is 1. The number of hydrogen-bond donors (Lipinski definition) is 1. The van der Waals surface area contributed by atoms with Crippen molar-refractivity contribution in [3.8, 4) is 0 Å². The summed E-state index contributed by atoms with van der Waals surface area (Å²) in [5, 5.41) is 2.63. The highest BCUT2D eigenvalue weighted by Gasteiger charge is 2.37. The van der Waals surface area contributed by atoms with Crippen molar-refractivity contribution in [2.75, 3.05) is 19.6 Å². The van der Waals surface area contributed by atoms with Gasteiger partial charge in [-0.2, -0.15) is 0 Å². The van der Waals surface area contributed by atoms with Gasteiger partial charge in [-0.3, -0.25) is 14.4 Å². The molecule has 1 aliphatic heterocycles. The van der Waals surface area contributed by atoms with Gasteiger partial charge in [0.1, 0.15) is 5.76 Å². The summed E-state index contributed by atoms with van der Waals surface area (Å²) >= 11 is 0. The molecule has 6 nitrogen and oxygen atoms in total. The van der Waals surface area contributed by atoms with Gasteiger partial charge in [-0.05, 0) is 25.2 Å². The normalized spacial score (nSPS) is 19.3. The van der Waals surface area contributed by atoms with Gasteiger partial charge in [-0.15, -0.1) is 0 Å². The molecule has 1 fully saturated rings. The number of carbonyl (C=O) groups excluding carboxylic acids is 3. The van der Waals surface area contributed by atoms with Gasteiger partial charge in [-0.1, -0.05) is 13.8 Å². The number of likely N-dealkylation sites (tertiary alicyclic amines) is 1. The Morgan fingerprint density at radius 2 is 1.88 bits per heavy atom. The second-order valence-electron chi connectivity index (χ2n) is 7.57. The zero-order valence-corrected chi connectivity index (χ0v) is 14.5. The largest absolute Gasteiger partial charge is 0.455 e. The summed E-state index contributed by atoms with van der Waals surface area (Å²) in [5.41, 5.74) is 0.968. The number of nitrogens with zero attached hydrogens (tertiary/aromatic N) is 1. The van der Waals surface area contributed by atoms with E-state index in [0.717, 1.165) is 25.9 Å². The Kier molecular flexibility index (Phi) is 4.24. The highest BCUT2D eigenvalue weighted by atomic mass is 16.4. The lowest BCUT2D eigenvalue weighted by Crippen LogP contribution is -2.38. The standard InChI is InChI=1S/C18H24N2O4/c1-11-15-12(21)8-18(2,3)9-13(15)24-16(11)17(23)19-10-14(22)20-6-4-5-7-20/h4-10H2,1-3H3,(H,19,23). The van der Waals surface area contributed by atoms with Crippen LogP contribution < -0.4 is 5.32 Å². The lowest BCUT2D eigenvalue weighted by molar-refractivity contribution is -0.129. The Hall–Kier alpha value is -2.11. The van der Waals surface area contributed by atoms with Gasteiger partial charge in [0.05, 0.1) is 12.1 Å². The van der Waals surface area contributed by atoms with E-state index in [-0.39, 0.29) is 29.4 Å². The average molecular weight is 332 g/mol. The van der Waals surface area contributed by atoms with Crippen molar-refractivity contribution >= 4 is 17.6 Å². The highest BCUT2D eigenvalue weighted by Crippen LogP contribution is 2.38. The van der Waals surface area contributed by atoms with Crippen LogP contribution in [0.4, 0.5) is 0 Å². The lowest BCUT2D eigenvalue weighted by atomic mass is 9.76. The molecule has 1 aliphatic carbocycles. The fraction of sp³-hybridized carbons (Fsp3) is 0.611. The molecule has 1 aromatic heterocycles. The summed E-state index contributed by atoms with van der Waals surface area (Å²) in [7, 11) is 0. The summed E-state index contributed by atoms with van der Waals surface area (Å²) in [6.07, 6.45) is 3.12. The van der Waals surface area contributed by atoms with E-state index >= 15 is 0 Å². The summed E-state index contributed by atoms with van der Waals surface area (Å²) in [6.45, 7) is 7.23. The first-order valence-corrected chi connectivity index (χ1v) is 8.50. The maximum atomic E-state index is 12.4. The minimum Gasteiger partial charge on any atom is -0.455 e. The third kappa shape index (κ3) is 3.09. The number of nitrogens with one attached hydrogen (secondary N) is 1. The van der Waals surface area contributed by atoms with E-state index in [1.807, 2.05) is 13.8 Å². The molecular formula is C18H24N2O4. The number of furan rings is 1. The molecule has 0 atom stereocenters. The van der Waals surface area contributed by atoms with Crippen molar-refractivity contribution in [2.45, 2.75) is 46.5 Å². The van der Waals surface area contributed by atoms with Crippen molar-refractivity contribution < 1.29 is 18.8 Å². The Bertz CT molecular complexity index is 696. The molecule has 130 valence electrons. The molecule has 6 heteroatoms. The number of hydrogen-bond acceptors (Lipinski definition) is 4. The third-order valence-corrected chi connectivity index (χ3v) is 4.84. The monoisotopic (exact) mass is 332 g/mol. The molecule has 0 bridgehead atoms. The van der Waals surface area contributed by atoms with Crippen LogP contribution in [0.25, 0.3) is 0 Å². The predicted molar refractivity (Wildman–Crippen MR) is 88.0 cm³/mol. The van der Waals surface area contributed by atoms with Crippen molar-refractivity contribution in [1.29, 1.82) is 0 Å². The van der Waals surface area contributed by atoms with Crippen LogP contribution in [0.1, 0.15) is 65.3 Å². The second kappa shape index (κ2) is 6.07. The molecule has 0 unspecified atom stereocenters. The molecule has 0 radical (unpaired) electrons. The smallest absolute Gasteiger partial charge is 0.287 e. The number of amides is 2. The van der Waals surface area contributed by atoms with E-state index in [1.54, 1.807) is 11.8 Å². The van der Waals surface area contributed by atoms with Crippen LogP contribution in [0.5, 0.6) is 0 Å². The fourth-order valence-corrected chi connectivity index (χ4v) is 3.61. The molecule has 2 aliphatic rings. The Balaban J connectivity index is 1.72. The average Bonchev–Trinajstić information content (AvgIpc) is 3.11. The molecule has 0 aromatic carbocycles. The molecule has 3 rings (SSSR count). The van der Waals surface area contributed by atoms with Gasteiger partial charge in [0.15, 0.2) is 11.5 Å². The van der Waals surface area contributed by atoms with Crippen LogP contribution in [0, 0.1) is 12.3 Å². The molecule has 1 aromatic rings. The minimum absolute atomic E-state index is 0.0229. The molecule has 1 saturated heterocycles. The number of fused-ring (bicyclic) bond motifs is 1. The maximum Gasteiger partial charge on any atom is 0.287 e. The van der Waals surface area contributed by atoms with Crippen molar-refractivity contribution in [1.82, 2.24) is 10.2 Å². The van der Waals surface area contributed by atoms with Crippen molar-refractivity contribution in [3.05, 3.63) is 22.6 Å². The van der Waals surface area contributed by atoms with E-state index in [0.29, 0.717) is 29.7 Å². The van der Waals surface area contributed by atoms with Crippen molar-refractivity contribution in [2.24, 2.45) is 5.41 Å². The van der Waals surface area contributed by atoms with Crippen LogP contribution in [0.2, 0.25) is 0 Å². The SMILES string of the molecule is Cc1c(C(=O)NCC(=O)N2CCCC2)oc2c1C(=O)CC(C)(C)C2. The van der Waals surface area contributed by atoms with Gasteiger partial charge in [0.25, 0.3) is 5.91 Å². The molecule has 24 heavy (non-hydrogen) atoms. The summed E-state index contributed by atoms with van der Waals surface area (Å²) < 4.78 is 5.70. The topological polar surface area (TPSA) is 79.6 Å². The predicted octanol–water partition coefficient (Wildman–Crippen LogP) is 2.10. The summed E-state index contributed by atoms with van der Waals surface area (Å²) in [5.74, 6) is 0.256. The van der Waals surface area contributed by atoms with Crippen molar-refractivity contribution in [3.63, 3.8) is 0 Å². The van der Waals surface area contributed by atoms with Crippen LogP contribution >= 0.6 is 0 Å². The van der Waals surface area contributed by atoms with Gasteiger partial charge in [-0.25, -0.2) is 0 Å². The Labute approximate surface area is 141 Å². The van der Waals surface area contributed by atoms with Crippen LogP contribution in [0.15, 0.2) is 4.42 Å². The number of carbonyl (C=O) groups is 3. The van der Waals surface area contributed by atoms with Gasteiger partial charge >= 0.3 is 0 Å². The van der Waals surface area contributed by atoms with Gasteiger partial charge < -0.3 is 14.6 Å². The Morgan fingerprint density at radius 1 is 1.21 bits per heavy atom. The minimum atomic E-state index is -0.431.